The van der Waals surface area contributed by atoms with Crippen LogP contribution in [0, 0.1) is 11.8 Å². The first-order valence-corrected chi connectivity index (χ1v) is 16.3. The lowest BCUT2D eigenvalue weighted by Gasteiger charge is -2.52. The first kappa shape index (κ1) is 74.4. The predicted octanol–water partition coefficient (Wildman–Crippen LogP) is 17.2. The summed E-state index contributed by atoms with van der Waals surface area (Å²) < 4.78 is 727. The summed E-state index contributed by atoms with van der Waals surface area (Å²) in [5.41, 5.74) is 0. The van der Waals surface area contributed by atoms with E-state index < -0.39 is 155 Å². The molecule has 0 radical (unpaired) electrons. The number of rotatable bonds is 21. The van der Waals surface area contributed by atoms with Crippen molar-refractivity contribution >= 4 is 0 Å². The van der Waals surface area contributed by atoms with Crippen molar-refractivity contribution in [2.45, 2.75) is 143 Å². The van der Waals surface area contributed by atoms with E-state index in [-0.39, 0.29) is 0 Å². The lowest BCUT2D eigenvalue weighted by atomic mass is 9.65. The Labute approximate surface area is 384 Å². The third-order valence-electron chi connectivity index (χ3n) is 9.73. The van der Waals surface area contributed by atoms with Crippen LogP contribution in [0.3, 0.4) is 0 Å². The molecule has 0 N–H and O–H groups in total. The average Bonchev–Trinajstić information content (AvgIpc) is 3.16. The van der Waals surface area contributed by atoms with Crippen molar-refractivity contribution in [3.05, 3.63) is 0 Å². The summed E-state index contributed by atoms with van der Waals surface area (Å²) in [7, 11) is 0. The fourth-order valence-electron chi connectivity index (χ4n) is 5.20. The van der Waals surface area contributed by atoms with Crippen molar-refractivity contribution in [1.82, 2.24) is 0 Å². The van der Waals surface area contributed by atoms with Gasteiger partial charge in [0.15, 0.2) is 0 Å². The minimum Gasteiger partial charge on any atom is -0.199 e. The largest absolute Gasteiger partial charge is 0.460 e. The molecule has 0 saturated carbocycles. The van der Waals surface area contributed by atoms with Gasteiger partial charge in [-0.3, -0.25) is 0 Å². The van der Waals surface area contributed by atoms with Crippen molar-refractivity contribution in [3.8, 4) is 0 Å². The van der Waals surface area contributed by atoms with Crippen LogP contribution in [-0.4, -0.2) is 143 Å². The molecule has 0 aromatic rings. The van der Waals surface area contributed by atoms with E-state index in [1.165, 1.54) is 0 Å². The predicted molar refractivity (Wildman–Crippen MR) is 130 cm³/mol. The van der Waals surface area contributed by atoms with Crippen LogP contribution >= 0.6 is 0 Å². The first-order chi connectivity index (χ1) is 32.5. The van der Waals surface area contributed by atoms with Gasteiger partial charge >= 0.3 is 143 Å². The van der Waals surface area contributed by atoms with Crippen molar-refractivity contribution in [2.24, 2.45) is 11.8 Å². The fourth-order valence-corrected chi connectivity index (χ4v) is 5.20. The van der Waals surface area contributed by atoms with E-state index in [0.717, 1.165) is 0 Å². The van der Waals surface area contributed by atoms with Crippen LogP contribution in [-0.2, 0) is 0 Å². The Morgan fingerprint density at radius 1 is 0.103 bits per heavy atom. The Kier molecular flexibility index (Phi) is 17.1. The summed E-state index contributed by atoms with van der Waals surface area (Å²) in [5, 5.41) is 0. The van der Waals surface area contributed by atoms with Crippen molar-refractivity contribution in [2.75, 3.05) is 0 Å². The minimum absolute atomic E-state index is 9.20. The van der Waals surface area contributed by atoms with Gasteiger partial charge in [0, 0.05) is 0 Å². The highest BCUT2D eigenvalue weighted by Gasteiger charge is 3.02. The van der Waals surface area contributed by atoms with E-state index in [1.807, 2.05) is 0 Å². The summed E-state index contributed by atoms with van der Waals surface area (Å²) in [6.45, 7) is 0. The van der Waals surface area contributed by atoms with Gasteiger partial charge in [0.25, 0.3) is 0 Å². The average molecular weight is 1300 g/mol. The Bertz CT molecular complexity index is 1820. The van der Waals surface area contributed by atoms with Gasteiger partial charge in [-0.1, -0.05) is 0 Å². The van der Waals surface area contributed by atoms with Gasteiger partial charge in [-0.05, 0) is 0 Å². The van der Waals surface area contributed by atoms with Gasteiger partial charge in [0.1, 0.15) is 11.8 Å². The maximum atomic E-state index is 15.5. The van der Waals surface area contributed by atoms with Gasteiger partial charge in [0.05, 0.1) is 0 Å². The molecule has 0 rings (SSSR count). The van der Waals surface area contributed by atoms with E-state index in [9.17, 15) is 193 Å². The second kappa shape index (κ2) is 17.9. The molecular formula is C26H2F52. The van der Waals surface area contributed by atoms with Crippen LogP contribution in [0.4, 0.5) is 228 Å². The Hall–Kier alpha value is -3.64. The Morgan fingerprint density at radius 2 is 0.179 bits per heavy atom. The number of hydrogen-bond donors (Lipinski definition) is 0. The molecular weight excluding hydrogens is 1300 g/mol. The SMILES string of the molecule is FC(F)(F)C(F)(F)C(F)(F)C(F)(F)C(F)(F)C(F)(F)C(C(C(F)(F)C(F)(F)C(F)(F)C(F)(F)C(F)(F)C(F)(F)F)C(F)(F)C(F)(F)C(F)(F)C(F)(F)C(F)(F)C(F)(F)F)C(F)(F)C(F)(F)C(F)(F)C(F)(F)C(F)(F)C(F)(F)F. The zero-order valence-corrected chi connectivity index (χ0v) is 32.8. The van der Waals surface area contributed by atoms with Gasteiger partial charge in [-0.15, -0.1) is 0 Å². The number of alkyl halides is 52. The highest BCUT2D eigenvalue weighted by atomic mass is 19.5. The van der Waals surface area contributed by atoms with Crippen LogP contribution in [0.25, 0.3) is 0 Å². The van der Waals surface area contributed by atoms with Gasteiger partial charge in [-0.25, -0.2) is 0 Å². The van der Waals surface area contributed by atoms with Crippen LogP contribution in [0.1, 0.15) is 0 Å². The standard InChI is InChI=1S/C26H2F52/c27-3(28,7(35,36)11(43,44)15(51,52)19(59,60)23(67,68)69)1(4(29,30)8(37,38)12(45,46)16(53,54)20(61,62)24(70,71)72)2(5(31,32)9(39,40)13(47,48)17(55,56)21(63,64)25(73,74)75)6(33,34)10(41,42)14(49,50)18(57,58)22(65,66)26(76,77)78/h1-2H. The number of halogens is 52. The highest BCUT2D eigenvalue weighted by Crippen LogP contribution is 2.74. The normalized spacial score (nSPS) is 17.5. The lowest BCUT2D eigenvalue weighted by Crippen LogP contribution is -2.81. The second-order valence-corrected chi connectivity index (χ2v) is 14.6. The van der Waals surface area contributed by atoms with Crippen molar-refractivity contribution in [3.63, 3.8) is 0 Å². The summed E-state index contributed by atoms with van der Waals surface area (Å²) in [5.74, 6) is -241. The van der Waals surface area contributed by atoms with E-state index in [2.05, 4.69) is 0 Å². The van der Waals surface area contributed by atoms with Crippen molar-refractivity contribution < 1.29 is 228 Å². The molecule has 0 fully saturated rings. The second-order valence-electron chi connectivity index (χ2n) is 14.6. The molecule has 0 aromatic carbocycles. The Balaban J connectivity index is 10.9. The molecule has 0 aromatic heterocycles. The summed E-state index contributed by atoms with van der Waals surface area (Å²) in [4.78, 5) is 0. The highest BCUT2D eigenvalue weighted by molar-refractivity contribution is 5.25. The minimum atomic E-state index is -11.9. The molecule has 0 atom stereocenters. The molecule has 0 bridgehead atoms. The quantitative estimate of drug-likeness (QED) is 0.101. The molecule has 78 heavy (non-hydrogen) atoms. The van der Waals surface area contributed by atoms with Crippen LogP contribution in [0.15, 0.2) is 0 Å². The van der Waals surface area contributed by atoms with Crippen molar-refractivity contribution in [1.29, 1.82) is 0 Å². The molecule has 0 aliphatic rings. The molecule has 0 unspecified atom stereocenters. The van der Waals surface area contributed by atoms with Crippen LogP contribution < -0.4 is 0 Å². The molecule has 0 amide bonds. The molecule has 0 spiro atoms. The molecule has 52 heteroatoms. The van der Waals surface area contributed by atoms with Gasteiger partial charge in [0.2, 0.25) is 0 Å². The maximum Gasteiger partial charge on any atom is 0.460 e. The topological polar surface area (TPSA) is 0 Å². The zero-order chi connectivity index (χ0) is 65.2. The number of hydrogen-bond acceptors (Lipinski definition) is 0. The van der Waals surface area contributed by atoms with E-state index in [4.69, 9.17) is 0 Å². The van der Waals surface area contributed by atoms with Gasteiger partial charge < -0.3 is 0 Å². The molecule has 470 valence electrons. The first-order valence-electron chi connectivity index (χ1n) is 16.3. The molecule has 0 saturated heterocycles. The lowest BCUT2D eigenvalue weighted by molar-refractivity contribution is -0.490. The molecule has 0 aliphatic carbocycles. The fraction of sp³-hybridized carbons (Fsp3) is 1.00. The summed E-state index contributed by atoms with van der Waals surface area (Å²) >= 11 is 0. The third-order valence-corrected chi connectivity index (χ3v) is 9.73. The molecule has 0 heterocycles. The van der Waals surface area contributed by atoms with E-state index in [1.54, 1.807) is 0 Å². The summed E-state index contributed by atoms with van der Waals surface area (Å²) in [6.07, 6.45) is -36.8. The smallest absolute Gasteiger partial charge is 0.199 e. The van der Waals surface area contributed by atoms with Crippen LogP contribution in [0.5, 0.6) is 0 Å². The van der Waals surface area contributed by atoms with Crippen LogP contribution in [0.2, 0.25) is 0 Å². The summed E-state index contributed by atoms with van der Waals surface area (Å²) in [6, 6.07) is 0. The van der Waals surface area contributed by atoms with E-state index >= 15 is 35.1 Å². The molecule has 0 nitrogen and oxygen atoms in total. The third kappa shape index (κ3) is 8.82. The Morgan fingerprint density at radius 3 is 0.256 bits per heavy atom. The zero-order valence-electron chi connectivity index (χ0n) is 32.8. The maximum absolute atomic E-state index is 15.5. The van der Waals surface area contributed by atoms with E-state index in [0.29, 0.717) is 0 Å². The van der Waals surface area contributed by atoms with Gasteiger partial charge in [-0.2, -0.15) is 228 Å². The molecule has 0 aliphatic heterocycles. The monoisotopic (exact) mass is 1300 g/mol.